The number of carbonyl (C=O) groups is 3. The molecule has 0 spiro atoms. The number of aromatic nitrogens is 1. The molecule has 2 amide bonds. The number of rotatable bonds is 6. The molecule has 0 aliphatic carbocycles. The normalized spacial score (nSPS) is 12.5. The molecule has 1 aromatic carbocycles. The van der Waals surface area contributed by atoms with E-state index in [0.717, 1.165) is 16.5 Å². The van der Waals surface area contributed by atoms with E-state index >= 15 is 0 Å². The first-order valence-electron chi connectivity index (χ1n) is 9.27. The third-order valence-corrected chi connectivity index (χ3v) is 4.08. The summed E-state index contributed by atoms with van der Waals surface area (Å²) in [6, 6.07) is 6.37. The zero-order valence-electron chi connectivity index (χ0n) is 17.9. The zero-order chi connectivity index (χ0) is 23.8. The molecule has 2 aromatic rings. The molecule has 11 heteroatoms. The van der Waals surface area contributed by atoms with Crippen molar-refractivity contribution in [2.24, 2.45) is 0 Å². The van der Waals surface area contributed by atoms with Crippen LogP contribution in [0.2, 0.25) is 0 Å². The van der Waals surface area contributed by atoms with Crippen molar-refractivity contribution in [3.05, 3.63) is 36.0 Å². The van der Waals surface area contributed by atoms with E-state index in [1.54, 1.807) is 27.0 Å². The van der Waals surface area contributed by atoms with Gasteiger partial charge >= 0.3 is 62.5 Å². The number of ether oxygens (including phenoxy) is 1. The van der Waals surface area contributed by atoms with E-state index in [2.05, 4.69) is 52.8 Å². The number of alkyl carbamates (subject to hydrolysis) is 1. The van der Waals surface area contributed by atoms with E-state index in [4.69, 9.17) is 4.74 Å². The number of carboxylic acids is 1. The van der Waals surface area contributed by atoms with Crippen LogP contribution in [0, 0.1) is 0 Å². The van der Waals surface area contributed by atoms with E-state index in [1.165, 1.54) is 13.8 Å². The van der Waals surface area contributed by atoms with Crippen molar-refractivity contribution in [3.63, 3.8) is 0 Å². The van der Waals surface area contributed by atoms with Crippen LogP contribution in [0.15, 0.2) is 30.5 Å². The van der Waals surface area contributed by atoms with Crippen molar-refractivity contribution < 1.29 is 37.5 Å². The molecule has 31 heavy (non-hydrogen) atoms. The monoisotopic (exact) mass is 770 g/mol. The summed E-state index contributed by atoms with van der Waals surface area (Å²) in [7, 11) is 0. The third-order valence-electron chi connectivity index (χ3n) is 4.08. The van der Waals surface area contributed by atoms with Gasteiger partial charge in [0, 0.05) is 23.5 Å². The van der Waals surface area contributed by atoms with Crippen LogP contribution in [0.5, 0.6) is 0 Å². The number of fused-ring (bicyclic) bond motifs is 1. The Bertz CT molecular complexity index is 909. The Hall–Kier alpha value is -0.840. The summed E-state index contributed by atoms with van der Waals surface area (Å²) in [5.41, 5.74) is -0.396. The summed E-state index contributed by atoms with van der Waals surface area (Å²) in [6.07, 6.45) is 1.08. The summed E-state index contributed by atoms with van der Waals surface area (Å²) in [5.74, 6) is -1.78. The van der Waals surface area contributed by atoms with Gasteiger partial charge in [0.2, 0.25) is 5.91 Å². The SMILES string of the molecule is CC(C)(C)OC(=O)NC(C)(C)C(=O)N[C@H](Cc1c[nH]c2ccccc12)C(=O)O.I[I-]I. The molecule has 0 bridgehead atoms. The summed E-state index contributed by atoms with van der Waals surface area (Å²) >= 11 is 5.30. The second kappa shape index (κ2) is 12.4. The van der Waals surface area contributed by atoms with Gasteiger partial charge in [-0.1, -0.05) is 18.2 Å². The Balaban J connectivity index is 0.00000151. The van der Waals surface area contributed by atoms with Gasteiger partial charge in [-0.25, -0.2) is 9.59 Å². The van der Waals surface area contributed by atoms with Crippen molar-refractivity contribution in [2.75, 3.05) is 0 Å². The zero-order valence-corrected chi connectivity index (χ0v) is 24.4. The van der Waals surface area contributed by atoms with Crippen LogP contribution in [0.25, 0.3) is 10.9 Å². The molecule has 8 nitrogen and oxygen atoms in total. The van der Waals surface area contributed by atoms with Crippen LogP contribution in [0.4, 0.5) is 4.79 Å². The van der Waals surface area contributed by atoms with Crippen molar-refractivity contribution in [3.8, 4) is 0 Å². The molecule has 174 valence electrons. The van der Waals surface area contributed by atoms with Gasteiger partial charge in [0.05, 0.1) is 0 Å². The quantitative estimate of drug-likeness (QED) is 0.331. The van der Waals surface area contributed by atoms with E-state index in [-0.39, 0.29) is 6.42 Å². The third kappa shape index (κ3) is 9.67. The minimum absolute atomic E-state index is 0.105. The second-order valence-electron chi connectivity index (χ2n) is 8.23. The molecule has 1 heterocycles. The van der Waals surface area contributed by atoms with Crippen LogP contribution in [-0.4, -0.2) is 45.2 Å². The van der Waals surface area contributed by atoms with Crippen LogP contribution in [0.1, 0.15) is 40.2 Å². The number of carbonyl (C=O) groups excluding carboxylic acids is 2. The molecular weight excluding hydrogens is 743 g/mol. The molecule has 4 N–H and O–H groups in total. The standard InChI is InChI=1S/C20H27N3O5.I3/c1-19(2,3)28-18(27)23-20(4,5)17(26)22-15(16(24)25)10-12-11-21-14-9-7-6-8-13(12)14;1-3-2/h6-9,11,15,21H,10H2,1-5H3,(H,22,26)(H,23,27)(H,24,25);/q;-1/t15-;/m1./s1. The number of benzene rings is 1. The molecule has 0 saturated carbocycles. The molecule has 1 aromatic heterocycles. The minimum atomic E-state index is -1.35. The molecule has 0 saturated heterocycles. The molecule has 2 rings (SSSR count). The number of hydrogen-bond acceptors (Lipinski definition) is 4. The Morgan fingerprint density at radius 2 is 1.74 bits per heavy atom. The molecule has 0 radical (unpaired) electrons. The fourth-order valence-corrected chi connectivity index (χ4v) is 2.67. The first-order valence-corrected chi connectivity index (χ1v) is 21.8. The number of nitrogens with one attached hydrogen (secondary N) is 3. The van der Waals surface area contributed by atoms with Gasteiger partial charge in [-0.3, -0.25) is 4.79 Å². The number of aromatic amines is 1. The molecule has 0 aliphatic heterocycles. The van der Waals surface area contributed by atoms with E-state index < -0.39 is 35.2 Å². The number of hydrogen-bond donors (Lipinski definition) is 4. The van der Waals surface area contributed by atoms with E-state index in [1.807, 2.05) is 24.3 Å². The first kappa shape index (κ1) is 28.2. The predicted octanol–water partition coefficient (Wildman–Crippen LogP) is 1.36. The maximum absolute atomic E-state index is 12.6. The average molecular weight is 770 g/mol. The van der Waals surface area contributed by atoms with Gasteiger partial charge < -0.3 is 25.5 Å². The summed E-state index contributed by atoms with van der Waals surface area (Å²) < 4.78 is 5.16. The number of halogens is 3. The maximum atomic E-state index is 12.6. The first-order chi connectivity index (χ1) is 14.3. The Morgan fingerprint density at radius 1 is 1.16 bits per heavy atom. The van der Waals surface area contributed by atoms with Crippen LogP contribution in [0.3, 0.4) is 0 Å². The van der Waals surface area contributed by atoms with Gasteiger partial charge in [-0.05, 0) is 46.2 Å². The van der Waals surface area contributed by atoms with Crippen LogP contribution < -0.4 is 23.9 Å². The number of H-pyrrole nitrogens is 1. The average Bonchev–Trinajstić information content (AvgIpc) is 3.02. The van der Waals surface area contributed by atoms with Crippen LogP contribution in [-0.2, 0) is 20.7 Å². The van der Waals surface area contributed by atoms with Crippen LogP contribution >= 0.6 is 37.2 Å². The van der Waals surface area contributed by atoms with E-state index in [0.29, 0.717) is 13.3 Å². The summed E-state index contributed by atoms with van der Waals surface area (Å²) in [5, 5.41) is 15.4. The van der Waals surface area contributed by atoms with Crippen molar-refractivity contribution >= 4 is 66.1 Å². The van der Waals surface area contributed by atoms with Gasteiger partial charge in [0.15, 0.2) is 0 Å². The Morgan fingerprint density at radius 3 is 2.29 bits per heavy atom. The molecule has 1 atom stereocenters. The second-order valence-corrected chi connectivity index (χ2v) is 24.5. The number of aliphatic carboxylic acids is 1. The Kier molecular flexibility index (Phi) is 11.3. The van der Waals surface area contributed by atoms with Gasteiger partial charge in [-0.15, -0.1) is 0 Å². The molecular formula is C20H27I3N3O5-. The van der Waals surface area contributed by atoms with Gasteiger partial charge in [0.1, 0.15) is 17.2 Å². The topological polar surface area (TPSA) is 121 Å². The molecule has 0 fully saturated rings. The number of para-hydroxylation sites is 1. The Labute approximate surface area is 211 Å². The van der Waals surface area contributed by atoms with Crippen molar-refractivity contribution in [1.29, 1.82) is 0 Å². The van der Waals surface area contributed by atoms with Gasteiger partial charge in [0.25, 0.3) is 0 Å². The summed E-state index contributed by atoms with van der Waals surface area (Å²) in [6.45, 7) is 8.09. The fourth-order valence-electron chi connectivity index (χ4n) is 2.67. The van der Waals surface area contributed by atoms with Crippen molar-refractivity contribution in [1.82, 2.24) is 15.6 Å². The van der Waals surface area contributed by atoms with Gasteiger partial charge in [-0.2, -0.15) is 0 Å². The molecule has 0 unspecified atom stereocenters. The predicted molar refractivity (Wildman–Crippen MR) is 133 cm³/mol. The summed E-state index contributed by atoms with van der Waals surface area (Å²) in [4.78, 5) is 39.4. The van der Waals surface area contributed by atoms with Crippen molar-refractivity contribution in [2.45, 2.75) is 58.2 Å². The molecule has 0 aliphatic rings. The number of carboxylic acid groups (broad SMARTS) is 1. The number of amides is 2. The van der Waals surface area contributed by atoms with E-state index in [9.17, 15) is 19.5 Å². The fraction of sp³-hybridized carbons (Fsp3) is 0.450.